The van der Waals surface area contributed by atoms with Crippen LogP contribution in [0.2, 0.25) is 0 Å². The van der Waals surface area contributed by atoms with Crippen LogP contribution in [0.3, 0.4) is 0 Å². The van der Waals surface area contributed by atoms with E-state index in [2.05, 4.69) is 62.4 Å². The van der Waals surface area contributed by atoms with E-state index < -0.39 is 0 Å². The molecule has 0 spiro atoms. The molecule has 0 fully saturated rings. The normalized spacial score (nSPS) is 12.4. The summed E-state index contributed by atoms with van der Waals surface area (Å²) >= 11 is 0. The molecule has 0 saturated carbocycles. The van der Waals surface area contributed by atoms with Crippen molar-refractivity contribution in [2.24, 2.45) is 5.92 Å². The third-order valence-corrected chi connectivity index (χ3v) is 3.76. The fourth-order valence-electron chi connectivity index (χ4n) is 2.60. The van der Waals surface area contributed by atoms with Gasteiger partial charge in [0.15, 0.2) is 0 Å². The Morgan fingerprint density at radius 2 is 1.45 bits per heavy atom. The van der Waals surface area contributed by atoms with Gasteiger partial charge in [0.1, 0.15) is 5.78 Å². The molecule has 0 N–H and O–H groups in total. The van der Waals surface area contributed by atoms with Crippen LogP contribution in [-0.4, -0.2) is 5.78 Å². The maximum absolute atomic E-state index is 11.4. The number of carbonyl (C=O) groups excluding carboxylic acids is 1. The van der Waals surface area contributed by atoms with Gasteiger partial charge in [-0.05, 0) is 35.4 Å². The Morgan fingerprint density at radius 3 is 1.95 bits per heavy atom. The van der Waals surface area contributed by atoms with Gasteiger partial charge in [-0.25, -0.2) is 0 Å². The van der Waals surface area contributed by atoms with Crippen molar-refractivity contribution in [2.45, 2.75) is 33.1 Å². The maximum atomic E-state index is 11.4. The van der Waals surface area contributed by atoms with Crippen LogP contribution >= 0.6 is 0 Å². The fraction of sp³-hybridized carbons (Fsp3) is 0.316. The summed E-state index contributed by atoms with van der Waals surface area (Å²) < 4.78 is 0. The van der Waals surface area contributed by atoms with Crippen LogP contribution in [0.5, 0.6) is 0 Å². The lowest BCUT2D eigenvalue weighted by Gasteiger charge is -2.20. The van der Waals surface area contributed by atoms with E-state index in [0.717, 1.165) is 0 Å². The van der Waals surface area contributed by atoms with Crippen molar-refractivity contribution in [3.05, 3.63) is 60.2 Å². The number of hydrogen-bond donors (Lipinski definition) is 0. The Balaban J connectivity index is 2.24. The van der Waals surface area contributed by atoms with Gasteiger partial charge < -0.3 is 4.79 Å². The second kappa shape index (κ2) is 6.51. The molecule has 0 heterocycles. The Morgan fingerprint density at radius 1 is 0.900 bits per heavy atom. The third kappa shape index (κ3) is 3.57. The molecular formula is C19H22O. The number of Topliss-reactive ketones (excluding diaryl/α,β-unsaturated/α-hetero) is 1. The summed E-state index contributed by atoms with van der Waals surface area (Å²) in [6.07, 6.45) is 0.627. The summed E-state index contributed by atoms with van der Waals surface area (Å²) in [6.45, 7) is 6.03. The van der Waals surface area contributed by atoms with Gasteiger partial charge in [0.2, 0.25) is 0 Å². The molecule has 0 aliphatic heterocycles. The predicted octanol–water partition coefficient (Wildman–Crippen LogP) is 5.07. The van der Waals surface area contributed by atoms with Gasteiger partial charge in [-0.3, -0.25) is 0 Å². The molecule has 1 nitrogen and oxygen atoms in total. The summed E-state index contributed by atoms with van der Waals surface area (Å²) in [6, 6.07) is 19.0. The maximum Gasteiger partial charge on any atom is 0.130 e. The number of rotatable bonds is 5. The lowest BCUT2D eigenvalue weighted by molar-refractivity contribution is -0.117. The highest BCUT2D eigenvalue weighted by molar-refractivity contribution is 5.76. The van der Waals surface area contributed by atoms with Gasteiger partial charge in [-0.2, -0.15) is 0 Å². The summed E-state index contributed by atoms with van der Waals surface area (Å²) in [5.74, 6) is 1.05. The minimum absolute atomic E-state index is 0.260. The highest BCUT2D eigenvalue weighted by atomic mass is 16.1. The van der Waals surface area contributed by atoms with Crippen LogP contribution < -0.4 is 0 Å². The van der Waals surface area contributed by atoms with Crippen molar-refractivity contribution < 1.29 is 4.79 Å². The molecule has 0 radical (unpaired) electrons. The van der Waals surface area contributed by atoms with Crippen molar-refractivity contribution in [1.82, 2.24) is 0 Å². The van der Waals surface area contributed by atoms with Crippen molar-refractivity contribution in [2.75, 3.05) is 0 Å². The van der Waals surface area contributed by atoms with E-state index in [0.29, 0.717) is 18.3 Å². The molecule has 0 aromatic heterocycles. The quantitative estimate of drug-likeness (QED) is 0.738. The van der Waals surface area contributed by atoms with E-state index in [-0.39, 0.29) is 5.78 Å². The molecule has 2 rings (SSSR count). The van der Waals surface area contributed by atoms with Crippen molar-refractivity contribution >= 4 is 5.78 Å². The monoisotopic (exact) mass is 266 g/mol. The van der Waals surface area contributed by atoms with Crippen LogP contribution in [-0.2, 0) is 4.79 Å². The van der Waals surface area contributed by atoms with E-state index in [1.807, 2.05) is 6.07 Å². The SMILES string of the molecule is CC(=O)C[C@@H](c1ccc(-c2ccccc2)cc1)C(C)C. The van der Waals surface area contributed by atoms with Gasteiger partial charge in [0, 0.05) is 6.42 Å². The Kier molecular flexibility index (Phi) is 4.73. The first-order valence-corrected chi connectivity index (χ1v) is 7.22. The number of benzene rings is 2. The van der Waals surface area contributed by atoms with Crippen molar-refractivity contribution in [1.29, 1.82) is 0 Å². The minimum Gasteiger partial charge on any atom is -0.300 e. The average Bonchev–Trinajstić information content (AvgIpc) is 2.45. The zero-order valence-corrected chi connectivity index (χ0v) is 12.5. The van der Waals surface area contributed by atoms with Gasteiger partial charge in [0.25, 0.3) is 0 Å². The lowest BCUT2D eigenvalue weighted by Crippen LogP contribution is -2.10. The molecule has 0 saturated heterocycles. The smallest absolute Gasteiger partial charge is 0.130 e. The van der Waals surface area contributed by atoms with Crippen LogP contribution in [0.15, 0.2) is 54.6 Å². The molecule has 0 bridgehead atoms. The highest BCUT2D eigenvalue weighted by Gasteiger charge is 2.17. The first-order valence-electron chi connectivity index (χ1n) is 7.22. The summed E-state index contributed by atoms with van der Waals surface area (Å²) in [5.41, 5.74) is 3.71. The first-order chi connectivity index (χ1) is 9.58. The highest BCUT2D eigenvalue weighted by Crippen LogP contribution is 2.30. The molecule has 20 heavy (non-hydrogen) atoms. The molecule has 2 aromatic carbocycles. The van der Waals surface area contributed by atoms with Crippen LogP contribution in [0, 0.1) is 5.92 Å². The number of hydrogen-bond acceptors (Lipinski definition) is 1. The first kappa shape index (κ1) is 14.5. The molecule has 0 unspecified atom stereocenters. The van der Waals surface area contributed by atoms with E-state index >= 15 is 0 Å². The van der Waals surface area contributed by atoms with Gasteiger partial charge in [-0.15, -0.1) is 0 Å². The predicted molar refractivity (Wildman–Crippen MR) is 84.8 cm³/mol. The standard InChI is InChI=1S/C19H22O/c1-14(2)19(13-15(3)20)18-11-9-17(10-12-18)16-7-5-4-6-8-16/h4-12,14,19H,13H2,1-3H3/t19-/m1/s1. The van der Waals surface area contributed by atoms with E-state index in [1.54, 1.807) is 6.92 Å². The minimum atomic E-state index is 0.260. The Hall–Kier alpha value is -1.89. The fourth-order valence-corrected chi connectivity index (χ4v) is 2.60. The van der Waals surface area contributed by atoms with Gasteiger partial charge >= 0.3 is 0 Å². The zero-order chi connectivity index (χ0) is 14.5. The Labute approximate surface area is 121 Å². The van der Waals surface area contributed by atoms with Crippen LogP contribution in [0.1, 0.15) is 38.7 Å². The van der Waals surface area contributed by atoms with Crippen LogP contribution in [0.4, 0.5) is 0 Å². The molecule has 2 aromatic rings. The zero-order valence-electron chi connectivity index (χ0n) is 12.5. The molecular weight excluding hydrogens is 244 g/mol. The van der Waals surface area contributed by atoms with Crippen molar-refractivity contribution in [3.8, 4) is 11.1 Å². The summed E-state index contributed by atoms with van der Waals surface area (Å²) in [7, 11) is 0. The third-order valence-electron chi connectivity index (χ3n) is 3.76. The second-order valence-electron chi connectivity index (χ2n) is 5.74. The molecule has 1 atom stereocenters. The summed E-state index contributed by atoms with van der Waals surface area (Å²) in [5, 5.41) is 0. The largest absolute Gasteiger partial charge is 0.300 e. The van der Waals surface area contributed by atoms with Crippen LogP contribution in [0.25, 0.3) is 11.1 Å². The average molecular weight is 266 g/mol. The van der Waals surface area contributed by atoms with Gasteiger partial charge in [0.05, 0.1) is 0 Å². The number of ketones is 1. The topological polar surface area (TPSA) is 17.1 Å². The molecule has 0 aliphatic rings. The molecule has 1 heteroatoms. The Bertz CT molecular complexity index is 552. The summed E-state index contributed by atoms with van der Waals surface area (Å²) in [4.78, 5) is 11.4. The second-order valence-corrected chi connectivity index (χ2v) is 5.74. The molecule has 0 amide bonds. The molecule has 0 aliphatic carbocycles. The molecule has 104 valence electrons. The van der Waals surface area contributed by atoms with Crippen molar-refractivity contribution in [3.63, 3.8) is 0 Å². The lowest BCUT2D eigenvalue weighted by atomic mass is 9.84. The van der Waals surface area contributed by atoms with Gasteiger partial charge in [-0.1, -0.05) is 68.4 Å². The van der Waals surface area contributed by atoms with E-state index in [1.165, 1.54) is 16.7 Å². The van der Waals surface area contributed by atoms with E-state index in [4.69, 9.17) is 0 Å². The van der Waals surface area contributed by atoms with E-state index in [9.17, 15) is 4.79 Å². The number of carbonyl (C=O) groups is 1.